The summed E-state index contributed by atoms with van der Waals surface area (Å²) in [5.74, 6) is 3.54. The van der Waals surface area contributed by atoms with E-state index in [1.54, 1.807) is 24.3 Å². The van der Waals surface area contributed by atoms with Gasteiger partial charge in [0.1, 0.15) is 10.6 Å². The lowest BCUT2D eigenvalue weighted by molar-refractivity contribution is -0.160. The molecule has 206 valence electrons. The fourth-order valence-electron chi connectivity index (χ4n) is 3.72. The Morgan fingerprint density at radius 3 is 2.71 bits per heavy atom. The second kappa shape index (κ2) is 17.1. The number of carbonyl (C=O) groups is 1. The summed E-state index contributed by atoms with van der Waals surface area (Å²) in [5.41, 5.74) is 5.97. The zero-order valence-corrected chi connectivity index (χ0v) is 23.6. The number of hydrogen-bond donors (Lipinski definition) is 1. The number of hydrogen-bond acceptors (Lipinski definition) is 9. The minimum Gasteiger partial charge on any atom is -0.368 e. The van der Waals surface area contributed by atoms with Crippen LogP contribution in [0.2, 0.25) is 0 Å². The topological polar surface area (TPSA) is 113 Å². The predicted octanol–water partition coefficient (Wildman–Crippen LogP) is 4.66. The molecule has 1 amide bonds. The van der Waals surface area contributed by atoms with Gasteiger partial charge in [0, 0.05) is 37.5 Å². The maximum Gasteiger partial charge on any atom is 0.223 e. The van der Waals surface area contributed by atoms with Gasteiger partial charge in [-0.05, 0) is 37.5 Å². The van der Waals surface area contributed by atoms with E-state index in [1.807, 2.05) is 17.1 Å². The molecule has 0 unspecified atom stereocenters. The third kappa shape index (κ3) is 9.76. The second-order valence-electron chi connectivity index (χ2n) is 8.40. The third-order valence-corrected chi connectivity index (χ3v) is 6.71. The highest BCUT2D eigenvalue weighted by molar-refractivity contribution is 7.18. The van der Waals surface area contributed by atoms with Gasteiger partial charge in [0.05, 0.1) is 25.1 Å². The van der Waals surface area contributed by atoms with E-state index in [1.165, 1.54) is 10.0 Å². The molecule has 2 N–H and O–H groups in total. The molecule has 0 spiro atoms. The van der Waals surface area contributed by atoms with E-state index in [0.717, 1.165) is 28.9 Å². The fraction of sp³-hybridized carbons (Fsp3) is 0.519. The van der Waals surface area contributed by atoms with Gasteiger partial charge in [0.25, 0.3) is 0 Å². The van der Waals surface area contributed by atoms with Crippen molar-refractivity contribution in [3.05, 3.63) is 35.8 Å². The SMILES string of the molecule is C#CC.C=CCN=NN(C/C=C\CC)OCCCC(=O)N1CCN(c2nc(N)nc3sc(CC)cc23)CC1. The molecule has 0 radical (unpaired) electrons. The molecule has 0 aromatic carbocycles. The number of piperazine rings is 1. The average Bonchev–Trinajstić information content (AvgIpc) is 3.34. The van der Waals surface area contributed by atoms with Crippen molar-refractivity contribution in [3.63, 3.8) is 0 Å². The number of fused-ring (bicyclic) bond motifs is 1. The zero-order valence-electron chi connectivity index (χ0n) is 22.8. The Balaban J connectivity index is 0.00000161. The Bertz CT molecular complexity index is 1120. The first-order valence-corrected chi connectivity index (χ1v) is 13.8. The molecule has 1 fully saturated rings. The average molecular weight is 541 g/mol. The summed E-state index contributed by atoms with van der Waals surface area (Å²) in [6, 6.07) is 2.16. The van der Waals surface area contributed by atoms with Crippen molar-refractivity contribution in [2.45, 2.75) is 46.5 Å². The normalized spacial score (nSPS) is 13.5. The van der Waals surface area contributed by atoms with E-state index in [2.05, 4.69) is 64.0 Å². The summed E-state index contributed by atoms with van der Waals surface area (Å²) >= 11 is 1.66. The first kappa shape index (κ1) is 30.7. The van der Waals surface area contributed by atoms with Crippen molar-refractivity contribution in [2.24, 2.45) is 10.3 Å². The molecule has 1 saturated heterocycles. The van der Waals surface area contributed by atoms with Crippen LogP contribution in [0.15, 0.2) is 41.2 Å². The van der Waals surface area contributed by atoms with Crippen LogP contribution in [0.4, 0.5) is 11.8 Å². The number of terminal acetylenes is 1. The number of carbonyl (C=O) groups excluding carboxylic acids is 1. The van der Waals surface area contributed by atoms with Crippen molar-refractivity contribution < 1.29 is 9.63 Å². The first-order valence-electron chi connectivity index (χ1n) is 13.0. The number of aryl methyl sites for hydroxylation is 1. The van der Waals surface area contributed by atoms with Gasteiger partial charge in [-0.15, -0.1) is 30.3 Å². The molecule has 0 atom stereocenters. The van der Waals surface area contributed by atoms with Crippen LogP contribution in [0.3, 0.4) is 0 Å². The van der Waals surface area contributed by atoms with Crippen molar-refractivity contribution >= 4 is 39.2 Å². The van der Waals surface area contributed by atoms with Crippen LogP contribution in [-0.4, -0.2) is 71.8 Å². The fourth-order valence-corrected chi connectivity index (χ4v) is 4.69. The number of amides is 1. The van der Waals surface area contributed by atoms with Crippen LogP contribution in [0.25, 0.3) is 10.2 Å². The molecule has 1 aliphatic heterocycles. The summed E-state index contributed by atoms with van der Waals surface area (Å²) in [5, 5.41) is 10.5. The second-order valence-corrected chi connectivity index (χ2v) is 9.52. The van der Waals surface area contributed by atoms with Crippen molar-refractivity contribution in [1.29, 1.82) is 0 Å². The van der Waals surface area contributed by atoms with Gasteiger partial charge in [-0.3, -0.25) is 9.63 Å². The molecule has 2 aromatic heterocycles. The van der Waals surface area contributed by atoms with E-state index in [-0.39, 0.29) is 5.91 Å². The quantitative estimate of drug-likeness (QED) is 0.129. The molecular formula is C27H40N8O2S. The van der Waals surface area contributed by atoms with Crippen LogP contribution in [0, 0.1) is 12.3 Å². The largest absolute Gasteiger partial charge is 0.368 e. The molecule has 0 bridgehead atoms. The molecule has 0 aliphatic carbocycles. The molecule has 1 aliphatic rings. The van der Waals surface area contributed by atoms with Crippen molar-refractivity contribution in [1.82, 2.24) is 20.0 Å². The maximum atomic E-state index is 12.7. The number of nitrogens with two attached hydrogens (primary N) is 1. The van der Waals surface area contributed by atoms with Crippen LogP contribution >= 0.6 is 11.3 Å². The number of rotatable bonds is 13. The van der Waals surface area contributed by atoms with Crippen LogP contribution in [0.5, 0.6) is 0 Å². The summed E-state index contributed by atoms with van der Waals surface area (Å²) in [6.45, 7) is 13.6. The van der Waals surface area contributed by atoms with E-state index < -0.39 is 0 Å². The zero-order chi connectivity index (χ0) is 27.8. The number of nitrogens with zero attached hydrogens (tertiary/aromatic N) is 7. The third-order valence-electron chi connectivity index (χ3n) is 5.53. The Hall–Kier alpha value is -3.49. The van der Waals surface area contributed by atoms with Gasteiger partial charge < -0.3 is 15.5 Å². The first-order chi connectivity index (χ1) is 18.5. The predicted molar refractivity (Wildman–Crippen MR) is 156 cm³/mol. The Labute approximate surface area is 230 Å². The lowest BCUT2D eigenvalue weighted by atomic mass is 10.2. The van der Waals surface area contributed by atoms with Gasteiger partial charge in [0.15, 0.2) is 0 Å². The maximum absolute atomic E-state index is 12.7. The van der Waals surface area contributed by atoms with Crippen LogP contribution in [-0.2, 0) is 16.1 Å². The lowest BCUT2D eigenvalue weighted by Gasteiger charge is -2.35. The van der Waals surface area contributed by atoms with Gasteiger partial charge >= 0.3 is 0 Å². The number of allylic oxidation sites excluding steroid dienone is 1. The van der Waals surface area contributed by atoms with Gasteiger partial charge in [-0.25, -0.2) is 4.98 Å². The standard InChI is InChI=1S/C24H36N8O2S.C3H4/c1-4-7-8-12-32(29-26-11-5-2)34-17-9-10-21(33)30-13-15-31(16-14-30)22-20-18-19(6-3)35-23(20)28-24(25)27-22;1-3-2/h5,7-8,18H,2,4,6,9-17H2,1,3H3,(H2,25,27,28);1H,2H3/b8-7-,29-26?;. The molecular weight excluding hydrogens is 500 g/mol. The van der Waals surface area contributed by atoms with Crippen LogP contribution < -0.4 is 10.6 Å². The molecule has 11 heteroatoms. The summed E-state index contributed by atoms with van der Waals surface area (Å²) in [6.07, 6.45) is 13.2. The van der Waals surface area contributed by atoms with E-state index in [0.29, 0.717) is 64.7 Å². The number of nitrogen functional groups attached to an aromatic ring is 1. The molecule has 2 aromatic rings. The summed E-state index contributed by atoms with van der Waals surface area (Å²) < 4.78 is 0. The minimum absolute atomic E-state index is 0.134. The molecule has 3 heterocycles. The van der Waals surface area contributed by atoms with E-state index >= 15 is 0 Å². The van der Waals surface area contributed by atoms with E-state index in [9.17, 15) is 4.79 Å². The Kier molecular flexibility index (Phi) is 13.8. The number of hydroxylamine groups is 1. The monoisotopic (exact) mass is 540 g/mol. The van der Waals surface area contributed by atoms with Crippen molar-refractivity contribution in [3.8, 4) is 12.3 Å². The van der Waals surface area contributed by atoms with Crippen molar-refractivity contribution in [2.75, 3.05) is 56.5 Å². The number of aromatic nitrogens is 2. The van der Waals surface area contributed by atoms with Gasteiger partial charge in [-0.2, -0.15) is 15.3 Å². The summed E-state index contributed by atoms with van der Waals surface area (Å²) in [7, 11) is 0. The number of thiophene rings is 1. The number of anilines is 2. The highest BCUT2D eigenvalue weighted by Crippen LogP contribution is 2.32. The molecule has 0 saturated carbocycles. The van der Waals surface area contributed by atoms with E-state index in [4.69, 9.17) is 10.6 Å². The minimum atomic E-state index is 0.134. The van der Waals surface area contributed by atoms with Gasteiger partial charge in [0.2, 0.25) is 11.9 Å². The summed E-state index contributed by atoms with van der Waals surface area (Å²) in [4.78, 5) is 33.7. The molecule has 3 rings (SSSR count). The lowest BCUT2D eigenvalue weighted by Crippen LogP contribution is -2.49. The Morgan fingerprint density at radius 1 is 1.32 bits per heavy atom. The molecule has 38 heavy (non-hydrogen) atoms. The molecule has 10 nitrogen and oxygen atoms in total. The Morgan fingerprint density at radius 2 is 2.05 bits per heavy atom. The highest BCUT2D eigenvalue weighted by atomic mass is 32.1. The van der Waals surface area contributed by atoms with Gasteiger partial charge in [-0.1, -0.05) is 32.1 Å². The highest BCUT2D eigenvalue weighted by Gasteiger charge is 2.24. The van der Waals surface area contributed by atoms with Crippen LogP contribution in [0.1, 0.15) is 44.9 Å². The smallest absolute Gasteiger partial charge is 0.223 e.